The molecule has 0 spiro atoms. The minimum Gasteiger partial charge on any atom is -0.507 e. The molecular formula is C47H56N8O6S. The van der Waals surface area contributed by atoms with Gasteiger partial charge in [0.25, 0.3) is 5.88 Å². The van der Waals surface area contributed by atoms with E-state index in [2.05, 4.69) is 48.7 Å². The zero-order valence-electron chi connectivity index (χ0n) is 36.2. The highest BCUT2D eigenvalue weighted by atomic mass is 32.1. The monoisotopic (exact) mass is 860 g/mol. The van der Waals surface area contributed by atoms with Gasteiger partial charge in [-0.25, -0.2) is 4.98 Å². The largest absolute Gasteiger partial charge is 0.507 e. The third-order valence-electron chi connectivity index (χ3n) is 12.7. The highest BCUT2D eigenvalue weighted by Gasteiger charge is 2.44. The highest BCUT2D eigenvalue weighted by Crippen LogP contribution is 2.37. The van der Waals surface area contributed by atoms with Gasteiger partial charge < -0.3 is 39.6 Å². The molecule has 1 saturated heterocycles. The van der Waals surface area contributed by atoms with E-state index >= 15 is 0 Å². The smallest absolute Gasteiger partial charge is 0.254 e. The lowest BCUT2D eigenvalue weighted by molar-refractivity contribution is -0.141. The number of benzene rings is 2. The van der Waals surface area contributed by atoms with Crippen molar-refractivity contribution in [2.45, 2.75) is 102 Å². The number of aromatic amines is 1. The summed E-state index contributed by atoms with van der Waals surface area (Å²) in [5.41, 5.74) is 7.27. The van der Waals surface area contributed by atoms with Crippen LogP contribution in [-0.4, -0.2) is 102 Å². The second-order valence-corrected chi connectivity index (χ2v) is 18.6. The molecule has 326 valence electrons. The Morgan fingerprint density at radius 1 is 1.06 bits per heavy atom. The van der Waals surface area contributed by atoms with Crippen molar-refractivity contribution in [3.63, 3.8) is 0 Å². The normalized spacial score (nSPS) is 20.0. The summed E-state index contributed by atoms with van der Waals surface area (Å²) in [6, 6.07) is 20.6. The molecule has 6 aromatic rings. The van der Waals surface area contributed by atoms with Gasteiger partial charge in [0.2, 0.25) is 11.8 Å². The van der Waals surface area contributed by atoms with Crippen molar-refractivity contribution in [3.05, 3.63) is 95.0 Å². The van der Waals surface area contributed by atoms with E-state index < -0.39 is 23.6 Å². The van der Waals surface area contributed by atoms with Gasteiger partial charge in [-0.05, 0) is 106 Å². The minimum absolute atomic E-state index is 0.0490. The van der Waals surface area contributed by atoms with Crippen LogP contribution in [0.2, 0.25) is 0 Å². The van der Waals surface area contributed by atoms with Crippen LogP contribution >= 0.6 is 11.3 Å². The van der Waals surface area contributed by atoms with Crippen molar-refractivity contribution in [2.24, 2.45) is 5.92 Å². The number of aromatic nitrogens is 5. The second kappa shape index (κ2) is 18.0. The first-order valence-electron chi connectivity index (χ1n) is 21.5. The summed E-state index contributed by atoms with van der Waals surface area (Å²) in [5.74, 6) is -0.281. The fourth-order valence-corrected chi connectivity index (χ4v) is 9.90. The zero-order valence-corrected chi connectivity index (χ0v) is 37.0. The molecule has 1 aliphatic carbocycles. The van der Waals surface area contributed by atoms with Gasteiger partial charge >= 0.3 is 0 Å². The van der Waals surface area contributed by atoms with Crippen molar-refractivity contribution in [1.29, 1.82) is 0 Å². The van der Waals surface area contributed by atoms with E-state index in [4.69, 9.17) is 9.26 Å². The van der Waals surface area contributed by atoms with Gasteiger partial charge in [-0.15, -0.1) is 21.5 Å². The Bertz CT molecular complexity index is 2500. The highest BCUT2D eigenvalue weighted by molar-refractivity contribution is 7.13. The predicted molar refractivity (Wildman–Crippen MR) is 238 cm³/mol. The molecule has 0 radical (unpaired) electrons. The van der Waals surface area contributed by atoms with Crippen molar-refractivity contribution < 1.29 is 29.1 Å². The first-order chi connectivity index (χ1) is 29.8. The van der Waals surface area contributed by atoms with Crippen LogP contribution in [0.1, 0.15) is 94.3 Å². The van der Waals surface area contributed by atoms with Gasteiger partial charge in [0.05, 0.1) is 33.4 Å². The number of hydrogen-bond donors (Lipinski definition) is 4. The van der Waals surface area contributed by atoms with Gasteiger partial charge in [-0.3, -0.25) is 9.59 Å². The van der Waals surface area contributed by atoms with Crippen LogP contribution in [0, 0.1) is 12.8 Å². The number of thiazole rings is 1. The van der Waals surface area contributed by atoms with E-state index in [0.717, 1.165) is 64.1 Å². The minimum atomic E-state index is -0.845. The zero-order chi connectivity index (χ0) is 43.7. The summed E-state index contributed by atoms with van der Waals surface area (Å²) in [5, 5.41) is 38.1. The number of β-amino-alcohol motifs (C(OH)–C–C–N with tert-alkyl or cyclic N) is 1. The first-order valence-corrected chi connectivity index (χ1v) is 22.4. The van der Waals surface area contributed by atoms with Crippen LogP contribution in [0.4, 0.5) is 0 Å². The molecule has 4 aromatic heterocycles. The molecule has 3 atom stereocenters. The SMILES string of the molecule is Cc1ncsc1-c1ccc(C(C)(C)NC(=O)[C@@H]2C[C@@H](O)CN2C(=O)[C@@H](c2cc(OCCN(C)C3CCC(c4cc5cc(-c6ccccc6O)nnc5[nH]4)CC3)no2)C(C)C)cc1. The molecule has 0 unspecified atom stereocenters. The number of ether oxygens (including phenoxy) is 1. The lowest BCUT2D eigenvalue weighted by Gasteiger charge is -2.34. The Hall–Kier alpha value is -5.64. The molecule has 0 bridgehead atoms. The molecule has 8 rings (SSSR count). The standard InChI is InChI=1S/C47H56N8O6S/c1-27(2)42(46(59)55-25-34(56)23-38(55)45(58)50-47(4,5)32-15-11-30(12-16-32)43-28(3)48-26-62-43)40-24-41(53-61-40)60-20-19-54(6)33-17-13-29(14-18-33)36-21-31-22-37(51-52-44(31)49-36)35-9-7-8-10-39(35)57/h7-12,15-16,21-22,24,26-27,29,33-34,38,42,56-57H,13-14,17-20,23,25H2,1-6H3,(H,49,52)(H,50,58)/t29?,33?,34-,38+,42-/m1/s1. The molecule has 4 N–H and O–H groups in total. The number of nitrogens with zero attached hydrogens (tertiary/aromatic N) is 6. The van der Waals surface area contributed by atoms with E-state index in [1.807, 2.05) is 82.6 Å². The lowest BCUT2D eigenvalue weighted by Crippen LogP contribution is -2.52. The first kappa shape index (κ1) is 43.0. The quantitative estimate of drug-likeness (QED) is 0.0849. The Balaban J connectivity index is 0.833. The third-order valence-corrected chi connectivity index (χ3v) is 13.7. The molecule has 1 aliphatic heterocycles. The molecular weight excluding hydrogens is 805 g/mol. The van der Waals surface area contributed by atoms with Crippen LogP contribution in [0.5, 0.6) is 11.6 Å². The number of para-hydroxylation sites is 1. The summed E-state index contributed by atoms with van der Waals surface area (Å²) in [6.07, 6.45) is 3.47. The van der Waals surface area contributed by atoms with Crippen molar-refractivity contribution in [2.75, 3.05) is 26.7 Å². The van der Waals surface area contributed by atoms with Crippen LogP contribution in [0.3, 0.4) is 0 Å². The van der Waals surface area contributed by atoms with Gasteiger partial charge in [-0.1, -0.05) is 50.2 Å². The fraction of sp³-hybridized carbons (Fsp3) is 0.447. The molecule has 1 saturated carbocycles. The van der Waals surface area contributed by atoms with Crippen molar-refractivity contribution in [1.82, 2.24) is 40.4 Å². The van der Waals surface area contributed by atoms with Crippen LogP contribution < -0.4 is 10.1 Å². The summed E-state index contributed by atoms with van der Waals surface area (Å²) < 4.78 is 11.8. The average Bonchev–Trinajstić information content (AvgIpc) is 4.08. The molecule has 5 heterocycles. The number of H-pyrrole nitrogens is 1. The molecule has 2 fully saturated rings. The number of likely N-dealkylation sites (N-methyl/N-ethyl adjacent to an activating group) is 1. The van der Waals surface area contributed by atoms with Gasteiger partial charge in [0.15, 0.2) is 11.4 Å². The number of fused-ring (bicyclic) bond motifs is 1. The fourth-order valence-electron chi connectivity index (χ4n) is 9.09. The number of phenolic OH excluding ortho intramolecular Hbond substituents is 1. The molecule has 2 aromatic carbocycles. The van der Waals surface area contributed by atoms with Crippen molar-refractivity contribution >= 4 is 34.2 Å². The topological polar surface area (TPSA) is 183 Å². The van der Waals surface area contributed by atoms with Crippen LogP contribution in [0.25, 0.3) is 32.7 Å². The van der Waals surface area contributed by atoms with Crippen molar-refractivity contribution in [3.8, 4) is 33.3 Å². The summed E-state index contributed by atoms with van der Waals surface area (Å²) >= 11 is 1.59. The van der Waals surface area contributed by atoms with E-state index in [9.17, 15) is 19.8 Å². The number of hydrogen-bond acceptors (Lipinski definition) is 12. The van der Waals surface area contributed by atoms with Gasteiger partial charge in [0, 0.05) is 48.3 Å². The number of carbonyl (C=O) groups excluding carboxylic acids is 2. The number of aliphatic hydroxyl groups is 1. The number of amides is 2. The number of aliphatic hydroxyl groups excluding tert-OH is 1. The van der Waals surface area contributed by atoms with E-state index in [0.29, 0.717) is 48.0 Å². The summed E-state index contributed by atoms with van der Waals surface area (Å²) in [6.45, 7) is 10.8. The Kier molecular flexibility index (Phi) is 12.5. The van der Waals surface area contributed by atoms with Gasteiger partial charge in [-0.2, -0.15) is 0 Å². The molecule has 2 aliphatic rings. The summed E-state index contributed by atoms with van der Waals surface area (Å²) in [7, 11) is 2.12. The number of nitrogens with one attached hydrogen (secondary N) is 2. The Labute approximate surface area is 365 Å². The van der Waals surface area contributed by atoms with Crippen LogP contribution in [0.15, 0.2) is 76.8 Å². The molecule has 14 nitrogen and oxygen atoms in total. The second-order valence-electron chi connectivity index (χ2n) is 17.8. The maximum atomic E-state index is 14.3. The molecule has 2 amide bonds. The number of rotatable bonds is 14. The molecule has 15 heteroatoms. The predicted octanol–water partition coefficient (Wildman–Crippen LogP) is 7.54. The number of phenols is 1. The maximum absolute atomic E-state index is 14.3. The lowest BCUT2D eigenvalue weighted by atomic mass is 9.83. The Morgan fingerprint density at radius 2 is 1.82 bits per heavy atom. The Morgan fingerprint density at radius 3 is 2.53 bits per heavy atom. The average molecular weight is 861 g/mol. The number of likely N-dealkylation sites (tertiary alicyclic amines) is 1. The van der Waals surface area contributed by atoms with Gasteiger partial charge in [0.1, 0.15) is 24.3 Å². The number of aromatic hydroxyl groups is 1. The van der Waals surface area contributed by atoms with E-state index in [1.54, 1.807) is 29.5 Å². The summed E-state index contributed by atoms with van der Waals surface area (Å²) in [4.78, 5) is 40.9. The molecule has 62 heavy (non-hydrogen) atoms. The third kappa shape index (κ3) is 9.11. The number of aryl methyl sites for hydroxylation is 1. The van der Waals surface area contributed by atoms with E-state index in [1.165, 1.54) is 4.90 Å². The van der Waals surface area contributed by atoms with Crippen LogP contribution in [-0.2, 0) is 15.1 Å². The van der Waals surface area contributed by atoms with E-state index in [-0.39, 0.29) is 36.4 Å². The number of carbonyl (C=O) groups is 2. The maximum Gasteiger partial charge on any atom is 0.254 e.